The quantitative estimate of drug-likeness (QED) is 0.787. The highest BCUT2D eigenvalue weighted by Crippen LogP contribution is 2.36. The minimum absolute atomic E-state index is 0.717. The first-order valence-electron chi connectivity index (χ1n) is 6.31. The van der Waals surface area contributed by atoms with Crippen LogP contribution in [0.25, 0.3) is 0 Å². The Morgan fingerprint density at radius 1 is 1.30 bits per heavy atom. The lowest BCUT2D eigenvalue weighted by Gasteiger charge is -2.12. The van der Waals surface area contributed by atoms with Crippen LogP contribution in [0.1, 0.15) is 5.56 Å². The normalized spacial score (nSPS) is 10.6. The predicted octanol–water partition coefficient (Wildman–Crippen LogP) is 2.45. The fourth-order valence-corrected chi connectivity index (χ4v) is 2.58. The van der Waals surface area contributed by atoms with Gasteiger partial charge in [0.05, 0.1) is 25.0 Å². The Bertz CT molecular complexity index is 544. The molecule has 0 aliphatic carbocycles. The van der Waals surface area contributed by atoms with E-state index in [4.69, 9.17) is 9.47 Å². The molecule has 2 aromatic rings. The summed E-state index contributed by atoms with van der Waals surface area (Å²) in [7, 11) is 3.27. The number of nitrogens with one attached hydrogen (secondary N) is 1. The SMILES string of the molecule is COc1cc(CNCCn2ccnc2)cc(Br)c1OC. The third kappa shape index (κ3) is 3.74. The van der Waals surface area contributed by atoms with E-state index in [1.807, 2.05) is 29.2 Å². The molecule has 5 nitrogen and oxygen atoms in total. The molecule has 0 unspecified atom stereocenters. The third-order valence-corrected chi connectivity index (χ3v) is 3.52. The Morgan fingerprint density at radius 2 is 2.15 bits per heavy atom. The minimum Gasteiger partial charge on any atom is -0.493 e. The van der Waals surface area contributed by atoms with Crippen molar-refractivity contribution in [3.63, 3.8) is 0 Å². The number of ether oxygens (including phenoxy) is 2. The van der Waals surface area contributed by atoms with E-state index in [9.17, 15) is 0 Å². The molecule has 1 aromatic heterocycles. The summed E-state index contributed by atoms with van der Waals surface area (Å²) < 4.78 is 13.6. The zero-order valence-corrected chi connectivity index (χ0v) is 13.2. The number of halogens is 1. The first-order valence-corrected chi connectivity index (χ1v) is 7.10. The van der Waals surface area contributed by atoms with Gasteiger partial charge < -0.3 is 19.4 Å². The van der Waals surface area contributed by atoms with Crippen LogP contribution < -0.4 is 14.8 Å². The molecule has 0 saturated heterocycles. The molecular formula is C14H18BrN3O2. The zero-order chi connectivity index (χ0) is 14.4. The van der Waals surface area contributed by atoms with Crippen molar-refractivity contribution in [3.05, 3.63) is 40.9 Å². The summed E-state index contributed by atoms with van der Waals surface area (Å²) in [6.45, 7) is 2.55. The highest BCUT2D eigenvalue weighted by atomic mass is 79.9. The predicted molar refractivity (Wildman–Crippen MR) is 81.2 cm³/mol. The maximum atomic E-state index is 5.33. The van der Waals surface area contributed by atoms with E-state index in [1.54, 1.807) is 20.4 Å². The van der Waals surface area contributed by atoms with Gasteiger partial charge in [-0.3, -0.25) is 0 Å². The largest absolute Gasteiger partial charge is 0.493 e. The molecule has 0 bridgehead atoms. The highest BCUT2D eigenvalue weighted by molar-refractivity contribution is 9.10. The van der Waals surface area contributed by atoms with Gasteiger partial charge in [0.2, 0.25) is 0 Å². The monoisotopic (exact) mass is 339 g/mol. The van der Waals surface area contributed by atoms with Gasteiger partial charge in [0.15, 0.2) is 11.5 Å². The molecule has 0 fully saturated rings. The number of hydrogen-bond acceptors (Lipinski definition) is 4. The van der Waals surface area contributed by atoms with Crippen molar-refractivity contribution < 1.29 is 9.47 Å². The van der Waals surface area contributed by atoms with Gasteiger partial charge in [0.25, 0.3) is 0 Å². The van der Waals surface area contributed by atoms with Crippen LogP contribution >= 0.6 is 15.9 Å². The van der Waals surface area contributed by atoms with Crippen molar-refractivity contribution in [2.75, 3.05) is 20.8 Å². The van der Waals surface area contributed by atoms with Gasteiger partial charge in [-0.25, -0.2) is 4.98 Å². The van der Waals surface area contributed by atoms with Crippen LogP contribution in [0.3, 0.4) is 0 Å². The molecule has 0 amide bonds. The molecule has 1 heterocycles. The van der Waals surface area contributed by atoms with Crippen LogP contribution in [0.2, 0.25) is 0 Å². The smallest absolute Gasteiger partial charge is 0.174 e. The molecule has 0 radical (unpaired) electrons. The summed E-state index contributed by atoms with van der Waals surface area (Å²) in [6.07, 6.45) is 5.55. The van der Waals surface area contributed by atoms with Crippen LogP contribution in [0.5, 0.6) is 11.5 Å². The van der Waals surface area contributed by atoms with Gasteiger partial charge >= 0.3 is 0 Å². The molecule has 0 saturated carbocycles. The van der Waals surface area contributed by atoms with Crippen molar-refractivity contribution in [2.45, 2.75) is 13.1 Å². The molecule has 108 valence electrons. The van der Waals surface area contributed by atoms with Gasteiger partial charge in [-0.2, -0.15) is 0 Å². The molecule has 1 aromatic carbocycles. The second kappa shape index (κ2) is 7.31. The second-order valence-corrected chi connectivity index (χ2v) is 5.14. The third-order valence-electron chi connectivity index (χ3n) is 2.93. The lowest BCUT2D eigenvalue weighted by molar-refractivity contribution is 0.352. The fourth-order valence-electron chi connectivity index (χ4n) is 1.93. The van der Waals surface area contributed by atoms with Gasteiger partial charge in [0.1, 0.15) is 0 Å². The molecule has 6 heteroatoms. The molecule has 0 aliphatic rings. The lowest BCUT2D eigenvalue weighted by Crippen LogP contribution is -2.19. The molecule has 0 atom stereocenters. The second-order valence-electron chi connectivity index (χ2n) is 4.29. The van der Waals surface area contributed by atoms with Crippen LogP contribution in [0.4, 0.5) is 0 Å². The van der Waals surface area contributed by atoms with Crippen molar-refractivity contribution in [3.8, 4) is 11.5 Å². The number of benzene rings is 1. The van der Waals surface area contributed by atoms with Crippen molar-refractivity contribution in [1.29, 1.82) is 0 Å². The molecule has 0 spiro atoms. The first kappa shape index (κ1) is 14.9. The topological polar surface area (TPSA) is 48.3 Å². The van der Waals surface area contributed by atoms with Gasteiger partial charge in [-0.15, -0.1) is 0 Å². The van der Waals surface area contributed by atoms with Gasteiger partial charge in [-0.05, 0) is 33.6 Å². The van der Waals surface area contributed by atoms with E-state index in [2.05, 4.69) is 26.2 Å². The van der Waals surface area contributed by atoms with E-state index in [0.717, 1.165) is 41.2 Å². The number of nitrogens with zero attached hydrogens (tertiary/aromatic N) is 2. The van der Waals surface area contributed by atoms with Crippen molar-refractivity contribution in [1.82, 2.24) is 14.9 Å². The summed E-state index contributed by atoms with van der Waals surface area (Å²) in [5, 5.41) is 3.39. The maximum Gasteiger partial charge on any atom is 0.174 e. The van der Waals surface area contributed by atoms with Crippen molar-refractivity contribution in [2.24, 2.45) is 0 Å². The highest BCUT2D eigenvalue weighted by Gasteiger charge is 2.10. The summed E-state index contributed by atoms with van der Waals surface area (Å²) in [5.74, 6) is 1.45. The molecule has 1 N–H and O–H groups in total. The van der Waals surface area contributed by atoms with E-state index < -0.39 is 0 Å². The first-order chi connectivity index (χ1) is 9.74. The van der Waals surface area contributed by atoms with Crippen LogP contribution in [0, 0.1) is 0 Å². The Kier molecular flexibility index (Phi) is 5.43. The Hall–Kier alpha value is -1.53. The summed E-state index contributed by atoms with van der Waals surface area (Å²) in [4.78, 5) is 4.01. The average Bonchev–Trinajstić information content (AvgIpc) is 2.96. The van der Waals surface area contributed by atoms with Crippen LogP contribution in [-0.4, -0.2) is 30.3 Å². The van der Waals surface area contributed by atoms with E-state index >= 15 is 0 Å². The number of methoxy groups -OCH3 is 2. The fraction of sp³-hybridized carbons (Fsp3) is 0.357. The zero-order valence-electron chi connectivity index (χ0n) is 11.6. The summed E-state index contributed by atoms with van der Waals surface area (Å²) in [6, 6.07) is 4.01. The standard InChI is InChI=1S/C14H18BrN3O2/c1-19-13-8-11(7-12(15)14(13)20-2)9-16-3-5-18-6-4-17-10-18/h4,6-8,10,16H,3,5,9H2,1-2H3. The number of aromatic nitrogens is 2. The Morgan fingerprint density at radius 3 is 2.80 bits per heavy atom. The molecule has 2 rings (SSSR count). The lowest BCUT2D eigenvalue weighted by atomic mass is 10.2. The minimum atomic E-state index is 0.717. The summed E-state index contributed by atoms with van der Waals surface area (Å²) in [5.41, 5.74) is 1.14. The van der Waals surface area contributed by atoms with Gasteiger partial charge in [-0.1, -0.05) is 0 Å². The number of imidazole rings is 1. The van der Waals surface area contributed by atoms with E-state index in [-0.39, 0.29) is 0 Å². The maximum absolute atomic E-state index is 5.33. The Balaban J connectivity index is 1.91. The number of hydrogen-bond donors (Lipinski definition) is 1. The van der Waals surface area contributed by atoms with Crippen molar-refractivity contribution >= 4 is 15.9 Å². The van der Waals surface area contributed by atoms with E-state index in [1.165, 1.54) is 0 Å². The van der Waals surface area contributed by atoms with Crippen LogP contribution in [0.15, 0.2) is 35.3 Å². The number of rotatable bonds is 7. The molecule has 0 aliphatic heterocycles. The summed E-state index contributed by atoms with van der Waals surface area (Å²) >= 11 is 3.49. The van der Waals surface area contributed by atoms with E-state index in [0.29, 0.717) is 0 Å². The average molecular weight is 340 g/mol. The Labute approximate surface area is 127 Å². The van der Waals surface area contributed by atoms with Crippen LogP contribution in [-0.2, 0) is 13.1 Å². The molecule has 20 heavy (non-hydrogen) atoms. The molecular weight excluding hydrogens is 322 g/mol. The van der Waals surface area contributed by atoms with Gasteiger partial charge in [0, 0.05) is 32.0 Å².